The van der Waals surface area contributed by atoms with Crippen LogP contribution in [-0.2, 0) is 0 Å². The number of hydrogen-bond acceptors (Lipinski definition) is 2. The quantitative estimate of drug-likeness (QED) is 0.756. The van der Waals surface area contributed by atoms with E-state index in [-0.39, 0.29) is 5.78 Å². The minimum atomic E-state index is 0.166. The molecule has 0 aliphatic rings. The van der Waals surface area contributed by atoms with E-state index in [9.17, 15) is 4.79 Å². The van der Waals surface area contributed by atoms with Crippen LogP contribution < -0.4 is 4.74 Å². The summed E-state index contributed by atoms with van der Waals surface area (Å²) in [5.74, 6) is 0.986. The summed E-state index contributed by atoms with van der Waals surface area (Å²) in [4.78, 5) is 11.7. The third-order valence-electron chi connectivity index (χ3n) is 2.91. The van der Waals surface area contributed by atoms with Gasteiger partial charge in [0, 0.05) is 12.0 Å². The molecule has 0 spiro atoms. The van der Waals surface area contributed by atoms with Crippen LogP contribution >= 0.6 is 0 Å². The fourth-order valence-electron chi connectivity index (χ4n) is 1.88. The molecule has 18 heavy (non-hydrogen) atoms. The van der Waals surface area contributed by atoms with Gasteiger partial charge in [-0.1, -0.05) is 37.3 Å². The number of carbonyl (C=O) groups is 1. The monoisotopic (exact) mass is 240 g/mol. The largest absolute Gasteiger partial charge is 0.497 e. The predicted octanol–water partition coefficient (Wildman–Crippen LogP) is 3.95. The van der Waals surface area contributed by atoms with Crippen molar-refractivity contribution in [2.75, 3.05) is 7.11 Å². The fraction of sp³-hybridized carbons (Fsp3) is 0.188. The standard InChI is InChI=1S/C16H16O2/c1-3-16(17)14-8-4-6-12(10-14)13-7-5-9-15(11-13)18-2/h4-11H,3H2,1-2H3. The molecule has 92 valence electrons. The van der Waals surface area contributed by atoms with E-state index in [4.69, 9.17) is 4.74 Å². The van der Waals surface area contributed by atoms with Gasteiger partial charge < -0.3 is 4.74 Å². The summed E-state index contributed by atoms with van der Waals surface area (Å²) in [5, 5.41) is 0. The summed E-state index contributed by atoms with van der Waals surface area (Å²) >= 11 is 0. The molecular formula is C16H16O2. The van der Waals surface area contributed by atoms with Crippen LogP contribution in [0, 0.1) is 0 Å². The fourth-order valence-corrected chi connectivity index (χ4v) is 1.88. The van der Waals surface area contributed by atoms with Gasteiger partial charge in [0.2, 0.25) is 0 Å². The molecule has 0 radical (unpaired) electrons. The molecule has 0 unspecified atom stereocenters. The van der Waals surface area contributed by atoms with E-state index < -0.39 is 0 Å². The first-order chi connectivity index (χ1) is 8.74. The molecule has 0 N–H and O–H groups in total. The number of benzene rings is 2. The van der Waals surface area contributed by atoms with Gasteiger partial charge in [-0.15, -0.1) is 0 Å². The van der Waals surface area contributed by atoms with E-state index in [2.05, 4.69) is 0 Å². The summed E-state index contributed by atoms with van der Waals surface area (Å²) in [7, 11) is 1.65. The molecule has 0 aliphatic carbocycles. The zero-order valence-corrected chi connectivity index (χ0v) is 10.6. The van der Waals surface area contributed by atoms with Gasteiger partial charge in [0.15, 0.2) is 5.78 Å². The zero-order chi connectivity index (χ0) is 13.0. The van der Waals surface area contributed by atoms with Crippen LogP contribution in [0.5, 0.6) is 5.75 Å². The SMILES string of the molecule is CCC(=O)c1cccc(-c2cccc(OC)c2)c1. The molecule has 0 saturated carbocycles. The number of rotatable bonds is 4. The lowest BCUT2D eigenvalue weighted by molar-refractivity contribution is 0.0988. The van der Waals surface area contributed by atoms with Gasteiger partial charge in [0.05, 0.1) is 7.11 Å². The predicted molar refractivity (Wildman–Crippen MR) is 73.1 cm³/mol. The summed E-state index contributed by atoms with van der Waals surface area (Å²) in [6.07, 6.45) is 0.529. The second-order valence-corrected chi connectivity index (χ2v) is 4.09. The van der Waals surface area contributed by atoms with Gasteiger partial charge in [-0.3, -0.25) is 4.79 Å². The maximum Gasteiger partial charge on any atom is 0.162 e. The first kappa shape index (κ1) is 12.4. The van der Waals surface area contributed by atoms with Crippen LogP contribution in [0.15, 0.2) is 48.5 Å². The van der Waals surface area contributed by atoms with Crippen molar-refractivity contribution in [1.29, 1.82) is 0 Å². The highest BCUT2D eigenvalue weighted by molar-refractivity contribution is 5.97. The molecule has 0 heterocycles. The maximum atomic E-state index is 11.7. The molecule has 0 aromatic heterocycles. The Morgan fingerprint density at radius 1 is 1.06 bits per heavy atom. The molecule has 0 bridgehead atoms. The number of Topliss-reactive ketones (excluding diaryl/α,β-unsaturated/α-hetero) is 1. The molecular weight excluding hydrogens is 224 g/mol. The maximum absolute atomic E-state index is 11.7. The van der Waals surface area contributed by atoms with Crippen LogP contribution in [-0.4, -0.2) is 12.9 Å². The summed E-state index contributed by atoms with van der Waals surface area (Å²) in [6.45, 7) is 1.88. The van der Waals surface area contributed by atoms with Crippen LogP contribution in [0.3, 0.4) is 0 Å². The molecule has 0 amide bonds. The van der Waals surface area contributed by atoms with Crippen molar-refractivity contribution in [1.82, 2.24) is 0 Å². The van der Waals surface area contributed by atoms with Crippen LogP contribution in [0.4, 0.5) is 0 Å². The van der Waals surface area contributed by atoms with E-state index in [1.54, 1.807) is 7.11 Å². The zero-order valence-electron chi connectivity index (χ0n) is 10.6. The lowest BCUT2D eigenvalue weighted by Crippen LogP contribution is -1.96. The Balaban J connectivity index is 2.41. The molecule has 2 rings (SSSR count). The van der Waals surface area contributed by atoms with Gasteiger partial charge in [0.1, 0.15) is 5.75 Å². The second kappa shape index (κ2) is 5.50. The van der Waals surface area contributed by atoms with E-state index in [0.717, 1.165) is 22.4 Å². The van der Waals surface area contributed by atoms with Gasteiger partial charge in [0.25, 0.3) is 0 Å². The van der Waals surface area contributed by atoms with Crippen molar-refractivity contribution >= 4 is 5.78 Å². The number of methoxy groups -OCH3 is 1. The number of ether oxygens (including phenoxy) is 1. The van der Waals surface area contributed by atoms with E-state index in [1.165, 1.54) is 0 Å². The summed E-state index contributed by atoms with van der Waals surface area (Å²) in [5.41, 5.74) is 2.85. The Bertz CT molecular complexity index is 559. The van der Waals surface area contributed by atoms with Crippen LogP contribution in [0.1, 0.15) is 23.7 Å². The van der Waals surface area contributed by atoms with Crippen molar-refractivity contribution < 1.29 is 9.53 Å². The van der Waals surface area contributed by atoms with Crippen molar-refractivity contribution in [3.05, 3.63) is 54.1 Å². The van der Waals surface area contributed by atoms with Gasteiger partial charge >= 0.3 is 0 Å². The minimum absolute atomic E-state index is 0.166. The average Bonchev–Trinajstić information content (AvgIpc) is 2.46. The Labute approximate surface area is 107 Å². The molecule has 2 nitrogen and oxygen atoms in total. The highest BCUT2D eigenvalue weighted by atomic mass is 16.5. The smallest absolute Gasteiger partial charge is 0.162 e. The molecule has 2 heteroatoms. The normalized spacial score (nSPS) is 10.1. The topological polar surface area (TPSA) is 26.3 Å². The van der Waals surface area contributed by atoms with Crippen LogP contribution in [0.25, 0.3) is 11.1 Å². The third-order valence-corrected chi connectivity index (χ3v) is 2.91. The van der Waals surface area contributed by atoms with Crippen molar-refractivity contribution in [3.63, 3.8) is 0 Å². The lowest BCUT2D eigenvalue weighted by Gasteiger charge is -2.06. The Morgan fingerprint density at radius 3 is 2.39 bits per heavy atom. The van der Waals surface area contributed by atoms with Crippen molar-refractivity contribution in [2.24, 2.45) is 0 Å². The molecule has 0 aliphatic heterocycles. The number of carbonyl (C=O) groups excluding carboxylic acids is 1. The Kier molecular flexibility index (Phi) is 3.78. The first-order valence-electron chi connectivity index (χ1n) is 6.02. The van der Waals surface area contributed by atoms with E-state index in [1.807, 2.05) is 55.5 Å². The highest BCUT2D eigenvalue weighted by Gasteiger charge is 2.05. The molecule has 0 fully saturated rings. The van der Waals surface area contributed by atoms with Gasteiger partial charge in [-0.2, -0.15) is 0 Å². The average molecular weight is 240 g/mol. The molecule has 2 aromatic rings. The van der Waals surface area contributed by atoms with E-state index in [0.29, 0.717) is 6.42 Å². The molecule has 0 saturated heterocycles. The Morgan fingerprint density at radius 2 is 1.72 bits per heavy atom. The number of hydrogen-bond donors (Lipinski definition) is 0. The molecule has 2 aromatic carbocycles. The van der Waals surface area contributed by atoms with Crippen LogP contribution in [0.2, 0.25) is 0 Å². The Hall–Kier alpha value is -2.09. The van der Waals surface area contributed by atoms with Crippen molar-refractivity contribution in [3.8, 4) is 16.9 Å². The molecule has 0 atom stereocenters. The summed E-state index contributed by atoms with van der Waals surface area (Å²) < 4.78 is 5.21. The van der Waals surface area contributed by atoms with Gasteiger partial charge in [-0.05, 0) is 29.3 Å². The second-order valence-electron chi connectivity index (χ2n) is 4.09. The van der Waals surface area contributed by atoms with Gasteiger partial charge in [-0.25, -0.2) is 0 Å². The first-order valence-corrected chi connectivity index (χ1v) is 6.02. The van der Waals surface area contributed by atoms with Crippen molar-refractivity contribution in [2.45, 2.75) is 13.3 Å². The number of ketones is 1. The van der Waals surface area contributed by atoms with E-state index >= 15 is 0 Å². The third kappa shape index (κ3) is 2.59. The summed E-state index contributed by atoms with van der Waals surface area (Å²) in [6, 6.07) is 15.5. The highest BCUT2D eigenvalue weighted by Crippen LogP contribution is 2.24. The lowest BCUT2D eigenvalue weighted by atomic mass is 10.0. The minimum Gasteiger partial charge on any atom is -0.497 e.